The standard InChI is InChI=1S/C16H18N4O3/c1-10-18-12-6-4-5-11(17)15(12)16(23)20(10)19-8-3-2-7-13(19)14(22)9-21/h4-6,9,13H,2-3,7-8,17H2,1H3. The lowest BCUT2D eigenvalue weighted by atomic mass is 10.0. The zero-order chi connectivity index (χ0) is 16.6. The number of nitrogens with two attached hydrogens (primary N) is 1. The molecular formula is C16H18N4O3. The Labute approximate surface area is 132 Å². The van der Waals surface area contributed by atoms with E-state index >= 15 is 0 Å². The number of anilines is 1. The maximum absolute atomic E-state index is 12.9. The van der Waals surface area contributed by atoms with Crippen LogP contribution in [0.3, 0.4) is 0 Å². The largest absolute Gasteiger partial charge is 0.398 e. The number of nitrogen functional groups attached to an aromatic ring is 1. The third kappa shape index (κ3) is 2.48. The average Bonchev–Trinajstić information content (AvgIpc) is 2.54. The molecule has 1 fully saturated rings. The number of carbonyl (C=O) groups excluding carboxylic acids is 2. The van der Waals surface area contributed by atoms with Gasteiger partial charge in [-0.05, 0) is 38.3 Å². The van der Waals surface area contributed by atoms with Gasteiger partial charge < -0.3 is 5.73 Å². The first kappa shape index (κ1) is 15.2. The molecule has 1 aromatic carbocycles. The fourth-order valence-corrected chi connectivity index (χ4v) is 3.18. The van der Waals surface area contributed by atoms with E-state index in [0.717, 1.165) is 12.8 Å². The van der Waals surface area contributed by atoms with Crippen molar-refractivity contribution in [3.63, 3.8) is 0 Å². The molecule has 1 atom stereocenters. The van der Waals surface area contributed by atoms with E-state index in [1.807, 2.05) is 0 Å². The van der Waals surface area contributed by atoms with E-state index in [1.54, 1.807) is 30.1 Å². The van der Waals surface area contributed by atoms with Crippen LogP contribution < -0.4 is 16.3 Å². The van der Waals surface area contributed by atoms with Gasteiger partial charge in [0.2, 0.25) is 5.78 Å². The van der Waals surface area contributed by atoms with Crippen molar-refractivity contribution < 1.29 is 9.59 Å². The van der Waals surface area contributed by atoms with Crippen LogP contribution in [0.4, 0.5) is 5.69 Å². The minimum absolute atomic E-state index is 0.309. The Kier molecular flexibility index (Phi) is 3.85. The maximum atomic E-state index is 12.9. The second-order valence-corrected chi connectivity index (χ2v) is 5.71. The van der Waals surface area contributed by atoms with E-state index < -0.39 is 11.8 Å². The lowest BCUT2D eigenvalue weighted by molar-refractivity contribution is -0.131. The highest BCUT2D eigenvalue weighted by Gasteiger charge is 2.30. The van der Waals surface area contributed by atoms with E-state index in [2.05, 4.69) is 4.98 Å². The number of aryl methyl sites for hydroxylation is 1. The number of carbonyl (C=O) groups is 2. The van der Waals surface area contributed by atoms with Gasteiger partial charge >= 0.3 is 0 Å². The number of piperidine rings is 1. The summed E-state index contributed by atoms with van der Waals surface area (Å²) < 4.78 is 1.39. The number of nitrogens with zero attached hydrogens (tertiary/aromatic N) is 3. The van der Waals surface area contributed by atoms with Crippen LogP contribution in [0.1, 0.15) is 25.1 Å². The predicted octanol–water partition coefficient (Wildman–Crippen LogP) is 0.546. The van der Waals surface area contributed by atoms with Crippen molar-refractivity contribution in [2.24, 2.45) is 0 Å². The Hall–Kier alpha value is -2.70. The zero-order valence-electron chi connectivity index (χ0n) is 12.9. The van der Waals surface area contributed by atoms with Crippen LogP contribution in [0.25, 0.3) is 10.9 Å². The maximum Gasteiger partial charge on any atom is 0.282 e. The highest BCUT2D eigenvalue weighted by molar-refractivity contribution is 6.28. The Morgan fingerprint density at radius 2 is 2.17 bits per heavy atom. The van der Waals surface area contributed by atoms with Crippen molar-refractivity contribution >= 4 is 28.7 Å². The van der Waals surface area contributed by atoms with Crippen LogP contribution in [0, 0.1) is 6.92 Å². The fourth-order valence-electron chi connectivity index (χ4n) is 3.18. The molecule has 0 aliphatic carbocycles. The molecule has 23 heavy (non-hydrogen) atoms. The summed E-state index contributed by atoms with van der Waals surface area (Å²) in [7, 11) is 0. The summed E-state index contributed by atoms with van der Waals surface area (Å²) in [4.78, 5) is 40.2. The summed E-state index contributed by atoms with van der Waals surface area (Å²) in [5.74, 6) is -0.0455. The Morgan fingerprint density at radius 1 is 1.39 bits per heavy atom. The number of hydrogen-bond donors (Lipinski definition) is 1. The molecular weight excluding hydrogens is 296 g/mol. The van der Waals surface area contributed by atoms with Crippen LogP contribution in [0.5, 0.6) is 0 Å². The highest BCUT2D eigenvalue weighted by Crippen LogP contribution is 2.19. The molecule has 1 aromatic heterocycles. The minimum Gasteiger partial charge on any atom is -0.398 e. The molecule has 120 valence electrons. The molecule has 7 heteroatoms. The second-order valence-electron chi connectivity index (χ2n) is 5.71. The number of rotatable bonds is 3. The first-order chi connectivity index (χ1) is 11.0. The summed E-state index contributed by atoms with van der Waals surface area (Å²) in [6.45, 7) is 2.23. The molecule has 2 heterocycles. The summed E-state index contributed by atoms with van der Waals surface area (Å²) >= 11 is 0. The molecule has 0 spiro atoms. The fraction of sp³-hybridized carbons (Fsp3) is 0.375. The summed E-state index contributed by atoms with van der Waals surface area (Å²) in [6.07, 6.45) is 2.56. The van der Waals surface area contributed by atoms with Gasteiger partial charge in [-0.3, -0.25) is 19.4 Å². The third-order valence-corrected chi connectivity index (χ3v) is 4.25. The van der Waals surface area contributed by atoms with Gasteiger partial charge in [0, 0.05) is 12.2 Å². The van der Waals surface area contributed by atoms with Gasteiger partial charge in [0.05, 0.1) is 10.9 Å². The highest BCUT2D eigenvalue weighted by atomic mass is 16.2. The van der Waals surface area contributed by atoms with Crippen LogP contribution in [0.15, 0.2) is 23.0 Å². The molecule has 1 unspecified atom stereocenters. The number of ketones is 1. The summed E-state index contributed by atoms with van der Waals surface area (Å²) in [5, 5.41) is 1.98. The Balaban J connectivity index is 2.22. The molecule has 2 N–H and O–H groups in total. The number of Topliss-reactive ketones (excluding diaryl/α,β-unsaturated/α-hetero) is 1. The van der Waals surface area contributed by atoms with Gasteiger partial charge in [0.1, 0.15) is 11.9 Å². The lowest BCUT2D eigenvalue weighted by Gasteiger charge is -2.37. The molecule has 0 saturated carbocycles. The molecule has 1 aliphatic heterocycles. The number of hydrogen-bond acceptors (Lipinski definition) is 6. The van der Waals surface area contributed by atoms with Crippen LogP contribution in [0.2, 0.25) is 0 Å². The van der Waals surface area contributed by atoms with E-state index in [-0.39, 0.29) is 5.56 Å². The van der Waals surface area contributed by atoms with Crippen LogP contribution >= 0.6 is 0 Å². The summed E-state index contributed by atoms with van der Waals surface area (Å²) in [6, 6.07) is 4.50. The van der Waals surface area contributed by atoms with E-state index in [9.17, 15) is 14.4 Å². The van der Waals surface area contributed by atoms with Gasteiger partial charge in [0.25, 0.3) is 5.56 Å². The second kappa shape index (κ2) is 5.83. The van der Waals surface area contributed by atoms with Gasteiger partial charge in [-0.25, -0.2) is 9.66 Å². The monoisotopic (exact) mass is 314 g/mol. The topological polar surface area (TPSA) is 98.3 Å². The van der Waals surface area contributed by atoms with Gasteiger partial charge in [-0.15, -0.1) is 0 Å². The molecule has 0 amide bonds. The van der Waals surface area contributed by atoms with Crippen molar-refractivity contribution in [1.29, 1.82) is 0 Å². The van der Waals surface area contributed by atoms with Crippen molar-refractivity contribution in [2.75, 3.05) is 17.3 Å². The third-order valence-electron chi connectivity index (χ3n) is 4.25. The van der Waals surface area contributed by atoms with E-state index in [4.69, 9.17) is 5.73 Å². The zero-order valence-corrected chi connectivity index (χ0v) is 12.9. The average molecular weight is 314 g/mol. The smallest absolute Gasteiger partial charge is 0.282 e. The van der Waals surface area contributed by atoms with Gasteiger partial charge in [-0.2, -0.15) is 0 Å². The number of aromatic nitrogens is 2. The van der Waals surface area contributed by atoms with Crippen LogP contribution in [-0.4, -0.2) is 34.3 Å². The quantitative estimate of drug-likeness (QED) is 0.504. The van der Waals surface area contributed by atoms with Crippen LogP contribution in [-0.2, 0) is 9.59 Å². The van der Waals surface area contributed by atoms with E-state index in [0.29, 0.717) is 41.7 Å². The minimum atomic E-state index is -0.623. The first-order valence-corrected chi connectivity index (χ1v) is 7.58. The number of fused-ring (bicyclic) bond motifs is 1. The molecule has 7 nitrogen and oxygen atoms in total. The molecule has 2 aromatic rings. The van der Waals surface area contributed by atoms with Crippen molar-refractivity contribution in [3.8, 4) is 0 Å². The molecule has 1 saturated heterocycles. The number of aldehydes is 1. The van der Waals surface area contributed by atoms with Gasteiger partial charge in [-0.1, -0.05) is 6.07 Å². The molecule has 0 radical (unpaired) electrons. The molecule has 0 bridgehead atoms. The van der Waals surface area contributed by atoms with E-state index in [1.165, 1.54) is 4.68 Å². The molecule has 3 rings (SSSR count). The van der Waals surface area contributed by atoms with Crippen molar-refractivity contribution in [2.45, 2.75) is 32.2 Å². The normalized spacial score (nSPS) is 18.1. The Morgan fingerprint density at radius 3 is 2.91 bits per heavy atom. The van der Waals surface area contributed by atoms with Crippen molar-refractivity contribution in [1.82, 2.24) is 9.66 Å². The molecule has 1 aliphatic rings. The Bertz CT molecular complexity index is 843. The lowest BCUT2D eigenvalue weighted by Crippen LogP contribution is -2.55. The summed E-state index contributed by atoms with van der Waals surface area (Å²) in [5.41, 5.74) is 6.50. The SMILES string of the molecule is Cc1nc2cccc(N)c2c(=O)n1N1CCCCC1C(=O)C=O. The first-order valence-electron chi connectivity index (χ1n) is 7.58. The van der Waals surface area contributed by atoms with Gasteiger partial charge in [0.15, 0.2) is 6.29 Å². The number of benzene rings is 1. The predicted molar refractivity (Wildman–Crippen MR) is 86.9 cm³/mol. The van der Waals surface area contributed by atoms with Crippen molar-refractivity contribution in [3.05, 3.63) is 34.4 Å².